The van der Waals surface area contributed by atoms with Crippen LogP contribution in [0, 0.1) is 0 Å². The highest BCUT2D eigenvalue weighted by Gasteiger charge is 2.26. The first kappa shape index (κ1) is 29.5. The molecule has 0 saturated carbocycles. The number of fused-ring (bicyclic) bond motifs is 9. The molecule has 0 N–H and O–H groups in total. The normalized spacial score (nSPS) is 11.8. The van der Waals surface area contributed by atoms with Gasteiger partial charge in [-0.1, -0.05) is 140 Å². The molecule has 7 aromatic carbocycles. The SMILES string of the molecule is c1ccc(-c2nc(-c3ccccc3)nc(-c3cccc(-n4c5ccccc5c5ccc6c(c54)-c4cnccc4-c4cccc5cccc-6c45)c3)n2)cc1. The van der Waals surface area contributed by atoms with Gasteiger partial charge in [-0.25, -0.2) is 15.0 Å². The van der Waals surface area contributed by atoms with Gasteiger partial charge < -0.3 is 4.57 Å². The van der Waals surface area contributed by atoms with Crippen LogP contribution >= 0.6 is 0 Å². The molecule has 1 aliphatic carbocycles. The summed E-state index contributed by atoms with van der Waals surface area (Å²) in [4.78, 5) is 19.8. The van der Waals surface area contributed by atoms with Crippen LogP contribution in [0.4, 0.5) is 0 Å². The number of nitrogens with zero attached hydrogens (tertiary/aromatic N) is 5. The van der Waals surface area contributed by atoms with Crippen molar-refractivity contribution in [3.8, 4) is 73.2 Å². The van der Waals surface area contributed by atoms with Crippen molar-refractivity contribution in [3.05, 3.63) is 176 Å². The second kappa shape index (κ2) is 11.7. The molecule has 0 fully saturated rings. The van der Waals surface area contributed by atoms with Crippen LogP contribution < -0.4 is 0 Å². The zero-order chi connectivity index (χ0) is 34.9. The van der Waals surface area contributed by atoms with Crippen LogP contribution in [0.1, 0.15) is 0 Å². The van der Waals surface area contributed by atoms with Gasteiger partial charge in [0.1, 0.15) is 0 Å². The third-order valence-corrected chi connectivity index (χ3v) is 10.5. The predicted molar refractivity (Wildman–Crippen MR) is 216 cm³/mol. The lowest BCUT2D eigenvalue weighted by Gasteiger charge is -2.16. The number of hydrogen-bond donors (Lipinski definition) is 0. The number of para-hydroxylation sites is 1. The maximum absolute atomic E-state index is 5.06. The van der Waals surface area contributed by atoms with Crippen LogP contribution in [0.2, 0.25) is 0 Å². The summed E-state index contributed by atoms with van der Waals surface area (Å²) in [7, 11) is 0. The van der Waals surface area contributed by atoms with Crippen LogP contribution in [-0.4, -0.2) is 24.5 Å². The molecule has 3 aromatic heterocycles. The lowest BCUT2D eigenvalue weighted by molar-refractivity contribution is 1.07. The van der Waals surface area contributed by atoms with E-state index < -0.39 is 0 Å². The summed E-state index contributed by atoms with van der Waals surface area (Å²) in [5.74, 6) is 1.90. The smallest absolute Gasteiger partial charge is 0.164 e. The lowest BCUT2D eigenvalue weighted by atomic mass is 9.92. The average molecular weight is 676 g/mol. The third kappa shape index (κ3) is 4.57. The van der Waals surface area contributed by atoms with Crippen molar-refractivity contribution < 1.29 is 0 Å². The summed E-state index contributed by atoms with van der Waals surface area (Å²) < 4.78 is 2.41. The molecule has 0 bridgehead atoms. The molecule has 0 amide bonds. The number of rotatable bonds is 4. The molecule has 0 atom stereocenters. The molecule has 5 heteroatoms. The minimum atomic E-state index is 0.621. The zero-order valence-corrected chi connectivity index (χ0v) is 28.5. The molecule has 11 rings (SSSR count). The van der Waals surface area contributed by atoms with Crippen LogP contribution in [0.5, 0.6) is 0 Å². The highest BCUT2D eigenvalue weighted by atomic mass is 15.0. The Morgan fingerprint density at radius 1 is 0.415 bits per heavy atom. The number of hydrogen-bond acceptors (Lipinski definition) is 4. The fourth-order valence-corrected chi connectivity index (χ4v) is 8.16. The van der Waals surface area contributed by atoms with Gasteiger partial charge in [-0.2, -0.15) is 0 Å². The molecule has 0 spiro atoms. The Kier molecular flexibility index (Phi) is 6.48. The maximum Gasteiger partial charge on any atom is 0.164 e. The minimum absolute atomic E-state index is 0.621. The van der Waals surface area contributed by atoms with Gasteiger partial charge in [0.05, 0.1) is 11.0 Å². The standard InChI is InChI=1S/C48H29N5/c1-3-12-31(13-4-1)46-50-47(32-14-5-2-6-15-32)52-48(51-46)33-18-9-19-34(28-33)53-42-23-8-7-20-36(42)40-25-24-39-38-22-11-17-30-16-10-21-37(43(30)38)35-26-27-49-29-41(35)44(39)45(40)53/h1-29H. The highest BCUT2D eigenvalue weighted by molar-refractivity contribution is 6.21. The minimum Gasteiger partial charge on any atom is -0.309 e. The van der Waals surface area contributed by atoms with E-state index in [2.05, 4.69) is 108 Å². The van der Waals surface area contributed by atoms with Crippen LogP contribution in [0.3, 0.4) is 0 Å². The highest BCUT2D eigenvalue weighted by Crippen LogP contribution is 2.51. The summed E-state index contributed by atoms with van der Waals surface area (Å²) in [6.45, 7) is 0. The van der Waals surface area contributed by atoms with Gasteiger partial charge in [-0.3, -0.25) is 4.98 Å². The fraction of sp³-hybridized carbons (Fsp3) is 0. The van der Waals surface area contributed by atoms with Crippen molar-refractivity contribution in [1.29, 1.82) is 0 Å². The van der Waals surface area contributed by atoms with Gasteiger partial charge in [0.2, 0.25) is 0 Å². The number of benzene rings is 7. The third-order valence-electron chi connectivity index (χ3n) is 10.5. The Balaban J connectivity index is 1.20. The summed E-state index contributed by atoms with van der Waals surface area (Å²) >= 11 is 0. The second-order valence-electron chi connectivity index (χ2n) is 13.5. The summed E-state index contributed by atoms with van der Waals surface area (Å²) in [5, 5.41) is 4.88. The summed E-state index contributed by atoms with van der Waals surface area (Å²) in [5.41, 5.74) is 13.2. The van der Waals surface area contributed by atoms with E-state index in [-0.39, 0.29) is 0 Å². The van der Waals surface area contributed by atoms with E-state index in [1.165, 1.54) is 49.4 Å². The largest absolute Gasteiger partial charge is 0.309 e. The Labute approximate surface area is 305 Å². The van der Waals surface area contributed by atoms with Gasteiger partial charge in [0, 0.05) is 56.7 Å². The first-order chi connectivity index (χ1) is 26.3. The molecule has 0 unspecified atom stereocenters. The number of pyridine rings is 1. The van der Waals surface area contributed by atoms with E-state index in [4.69, 9.17) is 19.9 Å². The molecule has 10 aromatic rings. The van der Waals surface area contributed by atoms with Crippen LogP contribution in [0.15, 0.2) is 176 Å². The fourth-order valence-electron chi connectivity index (χ4n) is 8.16. The van der Waals surface area contributed by atoms with Crippen LogP contribution in [-0.2, 0) is 0 Å². The van der Waals surface area contributed by atoms with Gasteiger partial charge in [0.25, 0.3) is 0 Å². The first-order valence-electron chi connectivity index (χ1n) is 17.8. The molecule has 0 saturated heterocycles. The van der Waals surface area contributed by atoms with Gasteiger partial charge in [0.15, 0.2) is 17.5 Å². The van der Waals surface area contributed by atoms with E-state index in [9.17, 15) is 0 Å². The Hall–Kier alpha value is -7.24. The molecule has 0 radical (unpaired) electrons. The zero-order valence-electron chi connectivity index (χ0n) is 28.5. The van der Waals surface area contributed by atoms with Crippen molar-refractivity contribution in [3.63, 3.8) is 0 Å². The molecule has 5 nitrogen and oxygen atoms in total. The summed E-state index contributed by atoms with van der Waals surface area (Å²) in [6.07, 6.45) is 3.95. The molecule has 246 valence electrons. The van der Waals surface area contributed by atoms with Crippen molar-refractivity contribution in [2.45, 2.75) is 0 Å². The molecular weight excluding hydrogens is 647 g/mol. The van der Waals surface area contributed by atoms with E-state index in [0.717, 1.165) is 39.0 Å². The lowest BCUT2D eigenvalue weighted by Crippen LogP contribution is -2.01. The Morgan fingerprint density at radius 3 is 1.77 bits per heavy atom. The molecule has 1 aliphatic rings. The first-order valence-corrected chi connectivity index (χ1v) is 17.8. The Morgan fingerprint density at radius 2 is 1.04 bits per heavy atom. The van der Waals surface area contributed by atoms with Gasteiger partial charge >= 0.3 is 0 Å². The van der Waals surface area contributed by atoms with Crippen molar-refractivity contribution in [2.75, 3.05) is 0 Å². The number of aromatic nitrogens is 5. The van der Waals surface area contributed by atoms with E-state index in [0.29, 0.717) is 17.5 Å². The summed E-state index contributed by atoms with van der Waals surface area (Å²) in [6, 6.07) is 57.5. The molecule has 53 heavy (non-hydrogen) atoms. The quantitative estimate of drug-likeness (QED) is 0.186. The monoisotopic (exact) mass is 675 g/mol. The van der Waals surface area contributed by atoms with Gasteiger partial charge in [-0.15, -0.1) is 0 Å². The predicted octanol–water partition coefficient (Wildman–Crippen LogP) is 11.8. The maximum atomic E-state index is 5.06. The van der Waals surface area contributed by atoms with E-state index in [1.807, 2.05) is 73.1 Å². The van der Waals surface area contributed by atoms with Crippen molar-refractivity contribution in [1.82, 2.24) is 24.5 Å². The average Bonchev–Trinajstić information content (AvgIpc) is 3.52. The van der Waals surface area contributed by atoms with Crippen molar-refractivity contribution >= 4 is 32.6 Å². The van der Waals surface area contributed by atoms with Gasteiger partial charge in [-0.05, 0) is 57.3 Å². The molecule has 0 aliphatic heterocycles. The molecular formula is C48H29N5. The Bertz CT molecular complexity index is 2990. The second-order valence-corrected chi connectivity index (χ2v) is 13.5. The van der Waals surface area contributed by atoms with E-state index >= 15 is 0 Å². The topological polar surface area (TPSA) is 56.5 Å². The molecule has 3 heterocycles. The van der Waals surface area contributed by atoms with E-state index in [1.54, 1.807) is 0 Å². The van der Waals surface area contributed by atoms with Crippen LogP contribution in [0.25, 0.3) is 106 Å². The van der Waals surface area contributed by atoms with Crippen molar-refractivity contribution in [2.24, 2.45) is 0 Å².